The summed E-state index contributed by atoms with van der Waals surface area (Å²) >= 11 is 0. The number of ether oxygens (including phenoxy) is 2. The fraction of sp³-hybridized carbons (Fsp3) is 1.00. The second-order valence-electron chi connectivity index (χ2n) is 7.03. The molecule has 2 unspecified atom stereocenters. The van der Waals surface area contributed by atoms with Crippen LogP contribution in [0.5, 0.6) is 0 Å². The molecular formula is C15H26N2O2. The average molecular weight is 266 g/mol. The van der Waals surface area contributed by atoms with Crippen LogP contribution >= 0.6 is 0 Å². The van der Waals surface area contributed by atoms with Crippen LogP contribution in [0.15, 0.2) is 0 Å². The second-order valence-corrected chi connectivity index (χ2v) is 7.03. The summed E-state index contributed by atoms with van der Waals surface area (Å²) < 4.78 is 11.9. The van der Waals surface area contributed by atoms with Crippen LogP contribution in [0.1, 0.15) is 19.3 Å². The first-order chi connectivity index (χ1) is 9.28. The summed E-state index contributed by atoms with van der Waals surface area (Å²) in [5.41, 5.74) is 0. The largest absolute Gasteiger partial charge is 0.376 e. The van der Waals surface area contributed by atoms with E-state index >= 15 is 0 Å². The van der Waals surface area contributed by atoms with Crippen molar-refractivity contribution in [1.82, 2.24) is 9.80 Å². The molecule has 5 rings (SSSR count). The molecule has 5 atom stereocenters. The zero-order valence-corrected chi connectivity index (χ0v) is 12.0. The van der Waals surface area contributed by atoms with Gasteiger partial charge in [-0.25, -0.2) is 0 Å². The van der Waals surface area contributed by atoms with Crippen LogP contribution in [0.25, 0.3) is 0 Å². The van der Waals surface area contributed by atoms with Gasteiger partial charge in [-0.1, -0.05) is 0 Å². The Kier molecular flexibility index (Phi) is 3.30. The van der Waals surface area contributed by atoms with Gasteiger partial charge >= 0.3 is 0 Å². The Morgan fingerprint density at radius 2 is 1.68 bits per heavy atom. The number of likely N-dealkylation sites (tertiary alicyclic amines) is 1. The highest BCUT2D eigenvalue weighted by Gasteiger charge is 2.42. The lowest BCUT2D eigenvalue weighted by Crippen LogP contribution is -2.57. The summed E-state index contributed by atoms with van der Waals surface area (Å²) in [5.74, 6) is 1.59. The molecule has 0 spiro atoms. The highest BCUT2D eigenvalue weighted by molar-refractivity contribution is 4.93. The SMILES string of the molecule is CN1C[C@H]2CC[C@@H](C1)[C@H]2OCCN1CC2CC(C1)O2. The lowest BCUT2D eigenvalue weighted by atomic mass is 9.95. The molecule has 0 aromatic heterocycles. The molecule has 0 radical (unpaired) electrons. The Balaban J connectivity index is 1.23. The Labute approximate surface area is 116 Å². The topological polar surface area (TPSA) is 24.9 Å². The fourth-order valence-corrected chi connectivity index (χ4v) is 4.62. The molecule has 4 aliphatic heterocycles. The van der Waals surface area contributed by atoms with Crippen molar-refractivity contribution in [2.24, 2.45) is 11.8 Å². The fourth-order valence-electron chi connectivity index (χ4n) is 4.62. The van der Waals surface area contributed by atoms with Crippen molar-refractivity contribution >= 4 is 0 Å². The first-order valence-corrected chi connectivity index (χ1v) is 7.96. The van der Waals surface area contributed by atoms with Crippen LogP contribution in [0.4, 0.5) is 0 Å². The van der Waals surface area contributed by atoms with Crippen LogP contribution in [-0.4, -0.2) is 74.5 Å². The molecule has 4 bridgehead atoms. The van der Waals surface area contributed by atoms with Crippen LogP contribution < -0.4 is 0 Å². The van der Waals surface area contributed by atoms with Crippen molar-refractivity contribution in [2.75, 3.05) is 46.4 Å². The standard InChI is InChI=1S/C15H26N2O2/c1-16-7-11-2-3-12(8-16)15(11)18-5-4-17-9-13-6-14(10-17)19-13/h11-15H,2-10H2,1H3/t11-,12+,13?,14?,15+. The number of piperidine rings is 2. The van der Waals surface area contributed by atoms with E-state index < -0.39 is 0 Å². The van der Waals surface area contributed by atoms with Crippen molar-refractivity contribution in [3.63, 3.8) is 0 Å². The van der Waals surface area contributed by atoms with Gasteiger partial charge < -0.3 is 14.4 Å². The maximum absolute atomic E-state index is 6.26. The molecule has 1 aliphatic carbocycles. The van der Waals surface area contributed by atoms with Crippen molar-refractivity contribution in [3.05, 3.63) is 0 Å². The molecule has 4 nitrogen and oxygen atoms in total. The Morgan fingerprint density at radius 1 is 1.05 bits per heavy atom. The second kappa shape index (κ2) is 4.99. The summed E-state index contributed by atoms with van der Waals surface area (Å²) in [4.78, 5) is 5.01. The highest BCUT2D eigenvalue weighted by atomic mass is 16.5. The molecule has 5 fully saturated rings. The third-order valence-corrected chi connectivity index (χ3v) is 5.48. The molecule has 0 aromatic carbocycles. The van der Waals surface area contributed by atoms with Gasteiger partial charge in [0, 0.05) is 39.1 Å². The smallest absolute Gasteiger partial charge is 0.0731 e. The molecule has 0 aromatic rings. The quantitative estimate of drug-likeness (QED) is 0.752. The predicted molar refractivity (Wildman–Crippen MR) is 73.2 cm³/mol. The van der Waals surface area contributed by atoms with Gasteiger partial charge in [0.15, 0.2) is 0 Å². The van der Waals surface area contributed by atoms with Crippen molar-refractivity contribution < 1.29 is 9.47 Å². The zero-order valence-electron chi connectivity index (χ0n) is 12.0. The molecule has 4 heterocycles. The zero-order chi connectivity index (χ0) is 12.8. The molecular weight excluding hydrogens is 240 g/mol. The number of fused-ring (bicyclic) bond motifs is 4. The van der Waals surface area contributed by atoms with Crippen LogP contribution in [0, 0.1) is 11.8 Å². The maximum atomic E-state index is 6.26. The molecule has 1 saturated carbocycles. The van der Waals surface area contributed by atoms with Gasteiger partial charge in [-0.05, 0) is 31.7 Å². The normalized spacial score (nSPS) is 46.3. The van der Waals surface area contributed by atoms with Crippen LogP contribution in [0.3, 0.4) is 0 Å². The summed E-state index contributed by atoms with van der Waals surface area (Å²) in [6.07, 6.45) is 5.64. The first-order valence-electron chi connectivity index (χ1n) is 7.96. The Morgan fingerprint density at radius 3 is 2.32 bits per heavy atom. The van der Waals surface area contributed by atoms with Crippen LogP contribution in [0.2, 0.25) is 0 Å². The van der Waals surface area contributed by atoms with Crippen molar-refractivity contribution in [2.45, 2.75) is 37.6 Å². The summed E-state index contributed by atoms with van der Waals surface area (Å²) in [7, 11) is 2.25. The number of hydrogen-bond donors (Lipinski definition) is 0. The lowest BCUT2D eigenvalue weighted by Gasteiger charge is -2.47. The van der Waals surface area contributed by atoms with Gasteiger partial charge in [-0.15, -0.1) is 0 Å². The monoisotopic (exact) mass is 266 g/mol. The van der Waals surface area contributed by atoms with E-state index in [-0.39, 0.29) is 0 Å². The third-order valence-electron chi connectivity index (χ3n) is 5.48. The minimum absolute atomic E-state index is 0.526. The molecule has 19 heavy (non-hydrogen) atoms. The predicted octanol–water partition coefficient (Wildman–Crippen LogP) is 0.816. The van der Waals surface area contributed by atoms with Crippen molar-refractivity contribution in [1.29, 1.82) is 0 Å². The molecule has 4 saturated heterocycles. The molecule has 108 valence electrons. The van der Waals surface area contributed by atoms with Gasteiger partial charge in [0.25, 0.3) is 0 Å². The van der Waals surface area contributed by atoms with Gasteiger partial charge in [-0.3, -0.25) is 4.90 Å². The van der Waals surface area contributed by atoms with E-state index in [1.165, 1.54) is 32.4 Å². The van der Waals surface area contributed by atoms with E-state index in [2.05, 4.69) is 16.8 Å². The van der Waals surface area contributed by atoms with Gasteiger partial charge in [0.1, 0.15) is 0 Å². The van der Waals surface area contributed by atoms with E-state index in [0.29, 0.717) is 18.3 Å². The summed E-state index contributed by atoms with van der Waals surface area (Å²) in [5, 5.41) is 0. The highest BCUT2D eigenvalue weighted by Crippen LogP contribution is 2.38. The van der Waals surface area contributed by atoms with Crippen molar-refractivity contribution in [3.8, 4) is 0 Å². The first kappa shape index (κ1) is 12.6. The average Bonchev–Trinajstić information content (AvgIpc) is 2.61. The van der Waals surface area contributed by atoms with E-state index in [4.69, 9.17) is 9.47 Å². The molecule has 4 heteroatoms. The van der Waals surface area contributed by atoms with Gasteiger partial charge in [0.05, 0.1) is 24.9 Å². The maximum Gasteiger partial charge on any atom is 0.0731 e. The minimum atomic E-state index is 0.526. The van der Waals surface area contributed by atoms with Crippen LogP contribution in [-0.2, 0) is 9.47 Å². The van der Waals surface area contributed by atoms with E-state index in [1.54, 1.807) is 0 Å². The van der Waals surface area contributed by atoms with Gasteiger partial charge in [0.2, 0.25) is 0 Å². The Bertz CT molecular complexity index is 308. The molecule has 0 amide bonds. The van der Waals surface area contributed by atoms with Gasteiger partial charge in [-0.2, -0.15) is 0 Å². The molecule has 0 N–H and O–H groups in total. The third kappa shape index (κ3) is 2.44. The number of hydrogen-bond acceptors (Lipinski definition) is 4. The Hall–Kier alpha value is -0.160. The minimum Gasteiger partial charge on any atom is -0.376 e. The van der Waals surface area contributed by atoms with E-state index in [1.807, 2.05) is 0 Å². The van der Waals surface area contributed by atoms with E-state index in [0.717, 1.165) is 38.1 Å². The molecule has 5 aliphatic rings. The lowest BCUT2D eigenvalue weighted by molar-refractivity contribution is -0.183. The number of nitrogens with zero attached hydrogens (tertiary/aromatic N) is 2. The van der Waals surface area contributed by atoms with E-state index in [9.17, 15) is 0 Å². The number of rotatable bonds is 4. The number of morpholine rings is 1. The summed E-state index contributed by atoms with van der Waals surface area (Å²) in [6.45, 7) is 6.74. The summed E-state index contributed by atoms with van der Waals surface area (Å²) in [6, 6.07) is 0.